The summed E-state index contributed by atoms with van der Waals surface area (Å²) in [7, 11) is 0. The van der Waals surface area contributed by atoms with E-state index in [9.17, 15) is 4.79 Å². The summed E-state index contributed by atoms with van der Waals surface area (Å²) in [6.45, 7) is 6.75. The number of hydrogen-bond donors (Lipinski definition) is 0. The monoisotopic (exact) mass is 155 g/mol. The molecule has 1 heterocycles. The lowest BCUT2D eigenvalue weighted by atomic mass is 10.3. The van der Waals surface area contributed by atoms with Gasteiger partial charge in [0.1, 0.15) is 6.61 Å². The normalized spacial score (nSPS) is 16.6. The minimum atomic E-state index is 0.0544. The van der Waals surface area contributed by atoms with E-state index in [1.807, 2.05) is 13.8 Å². The van der Waals surface area contributed by atoms with Crippen LogP contribution in [0.15, 0.2) is 11.5 Å². The Morgan fingerprint density at radius 2 is 2.09 bits per heavy atom. The standard InChI is InChI=1S/C8H13NO2/c1-6(2)8-9(7(3)10)4-5-11-8/h4-5H2,1-3H3. The molecule has 11 heavy (non-hydrogen) atoms. The molecule has 0 spiro atoms. The van der Waals surface area contributed by atoms with E-state index in [4.69, 9.17) is 4.74 Å². The van der Waals surface area contributed by atoms with Gasteiger partial charge >= 0.3 is 0 Å². The Labute approximate surface area is 66.6 Å². The number of hydrogen-bond acceptors (Lipinski definition) is 2. The molecule has 0 aromatic heterocycles. The highest BCUT2D eigenvalue weighted by Gasteiger charge is 2.22. The molecule has 0 N–H and O–H groups in total. The van der Waals surface area contributed by atoms with Gasteiger partial charge in [-0.2, -0.15) is 0 Å². The van der Waals surface area contributed by atoms with Gasteiger partial charge in [0.25, 0.3) is 0 Å². The van der Waals surface area contributed by atoms with Gasteiger partial charge in [-0.3, -0.25) is 9.69 Å². The molecule has 0 atom stereocenters. The van der Waals surface area contributed by atoms with Crippen LogP contribution >= 0.6 is 0 Å². The van der Waals surface area contributed by atoms with Crippen molar-refractivity contribution in [1.29, 1.82) is 0 Å². The number of amides is 1. The van der Waals surface area contributed by atoms with E-state index in [0.717, 1.165) is 11.5 Å². The minimum Gasteiger partial charge on any atom is -0.477 e. The second-order valence-electron chi connectivity index (χ2n) is 2.82. The van der Waals surface area contributed by atoms with Gasteiger partial charge in [-0.25, -0.2) is 0 Å². The third-order valence-electron chi connectivity index (χ3n) is 1.61. The lowest BCUT2D eigenvalue weighted by Gasteiger charge is -2.13. The van der Waals surface area contributed by atoms with Gasteiger partial charge < -0.3 is 4.74 Å². The van der Waals surface area contributed by atoms with Crippen LogP contribution in [-0.4, -0.2) is 24.0 Å². The molecule has 62 valence electrons. The molecule has 0 aromatic rings. The van der Waals surface area contributed by atoms with Crippen molar-refractivity contribution >= 4 is 5.91 Å². The van der Waals surface area contributed by atoms with Crippen molar-refractivity contribution in [3.05, 3.63) is 11.5 Å². The summed E-state index contributed by atoms with van der Waals surface area (Å²) in [5, 5.41) is 0. The third-order valence-corrected chi connectivity index (χ3v) is 1.61. The average molecular weight is 155 g/mol. The van der Waals surface area contributed by atoms with E-state index in [0.29, 0.717) is 13.2 Å². The van der Waals surface area contributed by atoms with Crippen LogP contribution in [0.3, 0.4) is 0 Å². The summed E-state index contributed by atoms with van der Waals surface area (Å²) in [4.78, 5) is 12.6. The Kier molecular flexibility index (Phi) is 2.17. The molecule has 0 radical (unpaired) electrons. The molecule has 0 aromatic carbocycles. The number of allylic oxidation sites excluding steroid dienone is 1. The number of ether oxygens (including phenoxy) is 1. The van der Waals surface area contributed by atoms with Gasteiger partial charge in [0.05, 0.1) is 6.54 Å². The molecule has 3 nitrogen and oxygen atoms in total. The Hall–Kier alpha value is -0.990. The first kappa shape index (κ1) is 8.11. The molecule has 1 rings (SSSR count). The molecule has 1 aliphatic rings. The zero-order chi connectivity index (χ0) is 8.43. The van der Waals surface area contributed by atoms with Crippen LogP contribution in [0.4, 0.5) is 0 Å². The van der Waals surface area contributed by atoms with Crippen LogP contribution in [0.25, 0.3) is 0 Å². The van der Waals surface area contributed by atoms with Crippen molar-refractivity contribution in [3.8, 4) is 0 Å². The largest absolute Gasteiger partial charge is 0.477 e. The summed E-state index contributed by atoms with van der Waals surface area (Å²) in [5.41, 5.74) is 1.05. The predicted molar refractivity (Wildman–Crippen MR) is 41.7 cm³/mol. The second-order valence-corrected chi connectivity index (χ2v) is 2.82. The van der Waals surface area contributed by atoms with E-state index in [1.54, 1.807) is 11.8 Å². The molecule has 3 heteroatoms. The summed E-state index contributed by atoms with van der Waals surface area (Å²) in [6.07, 6.45) is 0. The molecule has 1 fully saturated rings. The van der Waals surface area contributed by atoms with Gasteiger partial charge in [-0.15, -0.1) is 0 Å². The maximum absolute atomic E-state index is 11.0. The fourth-order valence-electron chi connectivity index (χ4n) is 1.13. The molecule has 0 saturated carbocycles. The Bertz CT molecular complexity index is 204. The number of nitrogens with zero attached hydrogens (tertiary/aromatic N) is 1. The molecule has 1 amide bonds. The lowest BCUT2D eigenvalue weighted by Crippen LogP contribution is -2.24. The average Bonchev–Trinajstić information content (AvgIpc) is 2.32. The second kappa shape index (κ2) is 2.95. The molecular weight excluding hydrogens is 142 g/mol. The quantitative estimate of drug-likeness (QED) is 0.524. The molecule has 1 saturated heterocycles. The van der Waals surface area contributed by atoms with Crippen LogP contribution < -0.4 is 0 Å². The van der Waals surface area contributed by atoms with Gasteiger partial charge in [-0.1, -0.05) is 0 Å². The first-order valence-corrected chi connectivity index (χ1v) is 3.71. The maximum Gasteiger partial charge on any atom is 0.226 e. The van der Waals surface area contributed by atoms with E-state index in [2.05, 4.69) is 0 Å². The highest BCUT2D eigenvalue weighted by molar-refractivity contribution is 5.75. The Morgan fingerprint density at radius 3 is 2.45 bits per heavy atom. The van der Waals surface area contributed by atoms with Gasteiger partial charge in [0.2, 0.25) is 5.91 Å². The van der Waals surface area contributed by atoms with Crippen LogP contribution in [-0.2, 0) is 9.53 Å². The minimum absolute atomic E-state index is 0.0544. The molecule has 0 unspecified atom stereocenters. The highest BCUT2D eigenvalue weighted by Crippen LogP contribution is 2.17. The predicted octanol–water partition coefficient (Wildman–Crippen LogP) is 1.12. The zero-order valence-electron chi connectivity index (χ0n) is 7.18. The van der Waals surface area contributed by atoms with E-state index in [1.165, 1.54) is 0 Å². The number of rotatable bonds is 0. The highest BCUT2D eigenvalue weighted by atomic mass is 16.5. The van der Waals surface area contributed by atoms with Crippen molar-refractivity contribution in [3.63, 3.8) is 0 Å². The Balaban J connectivity index is 2.82. The van der Waals surface area contributed by atoms with Crippen LogP contribution in [0.5, 0.6) is 0 Å². The number of carbonyl (C=O) groups excluding carboxylic acids is 1. The molecular formula is C8H13NO2. The van der Waals surface area contributed by atoms with Crippen molar-refractivity contribution in [2.75, 3.05) is 13.2 Å². The van der Waals surface area contributed by atoms with Crippen molar-refractivity contribution in [2.24, 2.45) is 0 Å². The fourth-order valence-corrected chi connectivity index (χ4v) is 1.13. The van der Waals surface area contributed by atoms with Crippen molar-refractivity contribution in [2.45, 2.75) is 20.8 Å². The molecule has 0 bridgehead atoms. The molecule has 1 aliphatic heterocycles. The van der Waals surface area contributed by atoms with Crippen molar-refractivity contribution < 1.29 is 9.53 Å². The summed E-state index contributed by atoms with van der Waals surface area (Å²) >= 11 is 0. The maximum atomic E-state index is 11.0. The van der Waals surface area contributed by atoms with Crippen LogP contribution in [0.2, 0.25) is 0 Å². The topological polar surface area (TPSA) is 29.5 Å². The molecule has 0 aliphatic carbocycles. The Morgan fingerprint density at radius 1 is 1.45 bits per heavy atom. The van der Waals surface area contributed by atoms with Gasteiger partial charge in [0, 0.05) is 6.92 Å². The fraction of sp³-hybridized carbons (Fsp3) is 0.625. The lowest BCUT2D eigenvalue weighted by molar-refractivity contribution is -0.126. The van der Waals surface area contributed by atoms with E-state index >= 15 is 0 Å². The van der Waals surface area contributed by atoms with Crippen molar-refractivity contribution in [1.82, 2.24) is 4.90 Å². The third kappa shape index (κ3) is 1.53. The first-order chi connectivity index (χ1) is 5.13. The first-order valence-electron chi connectivity index (χ1n) is 3.71. The number of carbonyl (C=O) groups is 1. The van der Waals surface area contributed by atoms with E-state index in [-0.39, 0.29) is 5.91 Å². The SMILES string of the molecule is CC(=O)N1CCOC1=C(C)C. The summed E-state index contributed by atoms with van der Waals surface area (Å²) in [6, 6.07) is 0. The smallest absolute Gasteiger partial charge is 0.226 e. The van der Waals surface area contributed by atoms with Gasteiger partial charge in [0.15, 0.2) is 5.88 Å². The van der Waals surface area contributed by atoms with Crippen LogP contribution in [0, 0.1) is 0 Å². The summed E-state index contributed by atoms with van der Waals surface area (Å²) in [5.74, 6) is 0.788. The van der Waals surface area contributed by atoms with Crippen LogP contribution in [0.1, 0.15) is 20.8 Å². The van der Waals surface area contributed by atoms with E-state index < -0.39 is 0 Å². The van der Waals surface area contributed by atoms with Gasteiger partial charge in [-0.05, 0) is 19.4 Å². The zero-order valence-corrected chi connectivity index (χ0v) is 7.18. The summed E-state index contributed by atoms with van der Waals surface area (Å²) < 4.78 is 5.27.